The molecule has 200 valence electrons. The van der Waals surface area contributed by atoms with Crippen molar-refractivity contribution in [2.75, 3.05) is 0 Å². The Morgan fingerprint density at radius 2 is 1.16 bits per heavy atom. The lowest BCUT2D eigenvalue weighted by Gasteiger charge is -2.12. The van der Waals surface area contributed by atoms with E-state index in [4.69, 9.17) is 15.0 Å². The summed E-state index contributed by atoms with van der Waals surface area (Å²) in [6.07, 6.45) is 5.74. The molecule has 0 saturated carbocycles. The molecule has 5 nitrogen and oxygen atoms in total. The molecule has 0 spiro atoms. The van der Waals surface area contributed by atoms with Gasteiger partial charge in [0.05, 0.1) is 22.8 Å². The summed E-state index contributed by atoms with van der Waals surface area (Å²) in [6.45, 7) is 0. The summed E-state index contributed by atoms with van der Waals surface area (Å²) in [6, 6.07) is 42.1. The summed E-state index contributed by atoms with van der Waals surface area (Å²) in [7, 11) is 0. The summed E-state index contributed by atoms with van der Waals surface area (Å²) in [5, 5.41) is 8.01. The Hall–Kier alpha value is -5.94. The van der Waals surface area contributed by atoms with Crippen LogP contribution in [0.25, 0.3) is 82.9 Å². The predicted molar refractivity (Wildman–Crippen MR) is 175 cm³/mol. The molecule has 0 unspecified atom stereocenters. The van der Waals surface area contributed by atoms with Gasteiger partial charge in [-0.1, -0.05) is 91.0 Å². The average Bonchev–Trinajstić information content (AvgIpc) is 3.47. The largest absolute Gasteiger partial charge is 0.298 e. The number of pyridine rings is 4. The van der Waals surface area contributed by atoms with Gasteiger partial charge in [0.1, 0.15) is 5.65 Å². The summed E-state index contributed by atoms with van der Waals surface area (Å²) >= 11 is 0. The van der Waals surface area contributed by atoms with E-state index in [-0.39, 0.29) is 0 Å². The third kappa shape index (κ3) is 3.65. The van der Waals surface area contributed by atoms with Crippen LogP contribution < -0.4 is 0 Å². The van der Waals surface area contributed by atoms with Crippen molar-refractivity contribution >= 4 is 49.0 Å². The second-order valence-electron chi connectivity index (χ2n) is 10.7. The van der Waals surface area contributed by atoms with Crippen LogP contribution in [0.4, 0.5) is 0 Å². The van der Waals surface area contributed by atoms with Crippen molar-refractivity contribution in [2.24, 2.45) is 0 Å². The Kier molecular flexibility index (Phi) is 5.13. The van der Waals surface area contributed by atoms with E-state index < -0.39 is 0 Å². The van der Waals surface area contributed by atoms with Gasteiger partial charge >= 0.3 is 0 Å². The quantitative estimate of drug-likeness (QED) is 0.206. The van der Waals surface area contributed by atoms with Gasteiger partial charge in [-0.2, -0.15) is 0 Å². The van der Waals surface area contributed by atoms with Gasteiger partial charge in [-0.15, -0.1) is 0 Å². The highest BCUT2D eigenvalue weighted by molar-refractivity contribution is 6.21. The molecule has 0 radical (unpaired) electrons. The average molecular weight is 550 g/mol. The fourth-order valence-electron chi connectivity index (χ4n) is 6.34. The van der Waals surface area contributed by atoms with E-state index >= 15 is 0 Å². The van der Waals surface area contributed by atoms with Crippen LogP contribution >= 0.6 is 0 Å². The zero-order valence-electron chi connectivity index (χ0n) is 23.0. The van der Waals surface area contributed by atoms with Gasteiger partial charge in [0, 0.05) is 51.3 Å². The number of rotatable bonds is 3. The molecule has 9 rings (SSSR count). The maximum absolute atomic E-state index is 5.09. The fraction of sp³-hybridized carbons (Fsp3) is 0. The van der Waals surface area contributed by atoms with E-state index in [9.17, 15) is 0 Å². The van der Waals surface area contributed by atoms with E-state index in [1.165, 1.54) is 16.2 Å². The molecule has 0 bridgehead atoms. The Balaban J connectivity index is 1.26. The first-order valence-corrected chi connectivity index (χ1v) is 14.3. The molecule has 0 atom stereocenters. The molecular weight excluding hydrogens is 526 g/mol. The monoisotopic (exact) mass is 549 g/mol. The minimum absolute atomic E-state index is 0.745. The molecule has 5 aromatic heterocycles. The van der Waals surface area contributed by atoms with Crippen molar-refractivity contribution in [2.45, 2.75) is 0 Å². The van der Waals surface area contributed by atoms with Crippen molar-refractivity contribution in [3.05, 3.63) is 140 Å². The van der Waals surface area contributed by atoms with Crippen molar-refractivity contribution in [1.29, 1.82) is 0 Å². The van der Waals surface area contributed by atoms with Gasteiger partial charge in [-0.3, -0.25) is 9.38 Å². The van der Waals surface area contributed by atoms with Crippen LogP contribution in [0.15, 0.2) is 140 Å². The maximum Gasteiger partial charge on any atom is 0.160 e. The molecule has 5 heteroatoms. The second-order valence-corrected chi connectivity index (χ2v) is 10.7. The third-order valence-corrected chi connectivity index (χ3v) is 8.32. The fourth-order valence-corrected chi connectivity index (χ4v) is 6.34. The minimum atomic E-state index is 0.745. The van der Waals surface area contributed by atoms with E-state index in [1.54, 1.807) is 0 Å². The van der Waals surface area contributed by atoms with Gasteiger partial charge in [0.15, 0.2) is 5.65 Å². The second kappa shape index (κ2) is 9.29. The van der Waals surface area contributed by atoms with Crippen molar-refractivity contribution in [3.8, 4) is 33.9 Å². The van der Waals surface area contributed by atoms with Crippen LogP contribution in [0.1, 0.15) is 0 Å². The Morgan fingerprint density at radius 3 is 2.02 bits per heavy atom. The highest BCUT2D eigenvalue weighted by atomic mass is 15.0. The van der Waals surface area contributed by atoms with Crippen LogP contribution in [0.3, 0.4) is 0 Å². The number of benzene rings is 4. The van der Waals surface area contributed by atoms with E-state index in [1.807, 2.05) is 36.7 Å². The summed E-state index contributed by atoms with van der Waals surface area (Å²) in [5.74, 6) is 0. The molecule has 4 aromatic carbocycles. The highest BCUT2D eigenvalue weighted by Crippen LogP contribution is 2.39. The molecule has 43 heavy (non-hydrogen) atoms. The zero-order chi connectivity index (χ0) is 28.3. The lowest BCUT2D eigenvalue weighted by Crippen LogP contribution is -1.94. The van der Waals surface area contributed by atoms with Crippen molar-refractivity contribution < 1.29 is 0 Å². The SMILES string of the molecule is c1ccc2c(-c3c(-c4ccc(-c5nc6ncccc6c6c5ccc5ccccc56)cc4)nc4ccccn34)nccc2c1. The lowest BCUT2D eigenvalue weighted by atomic mass is 9.95. The molecule has 0 aliphatic carbocycles. The normalized spacial score (nSPS) is 11.7. The molecular formula is C38H23N5. The molecule has 9 aromatic rings. The first-order chi connectivity index (χ1) is 21.3. The summed E-state index contributed by atoms with van der Waals surface area (Å²) < 4.78 is 2.13. The standard InChI is InChI=1S/C38H23N5/c1-3-10-28-24(8-1)18-19-30-33(28)31-12-7-21-40-38(31)42-34(30)26-14-16-27(17-15-26)35-37(43-23-6-5-13-32(43)41-35)36-29-11-4-2-9-25(29)20-22-39-36/h1-23H. The van der Waals surface area contributed by atoms with Gasteiger partial charge in [0.25, 0.3) is 0 Å². The zero-order valence-corrected chi connectivity index (χ0v) is 23.0. The third-order valence-electron chi connectivity index (χ3n) is 8.32. The molecule has 0 aliphatic rings. The first kappa shape index (κ1) is 23.7. The van der Waals surface area contributed by atoms with Gasteiger partial charge in [0.2, 0.25) is 0 Å². The molecule has 0 saturated heterocycles. The lowest BCUT2D eigenvalue weighted by molar-refractivity contribution is 1.17. The molecule has 0 amide bonds. The van der Waals surface area contributed by atoms with Gasteiger partial charge in [-0.25, -0.2) is 15.0 Å². The molecule has 5 heterocycles. The Bertz CT molecular complexity index is 2490. The number of imidazole rings is 1. The summed E-state index contributed by atoms with van der Waals surface area (Å²) in [5.41, 5.74) is 7.38. The van der Waals surface area contributed by atoms with Crippen LogP contribution in [-0.4, -0.2) is 24.3 Å². The smallest absolute Gasteiger partial charge is 0.160 e. The summed E-state index contributed by atoms with van der Waals surface area (Å²) in [4.78, 5) is 19.7. The number of fused-ring (bicyclic) bond motifs is 7. The van der Waals surface area contributed by atoms with E-state index in [2.05, 4.69) is 113 Å². The number of nitrogens with zero attached hydrogens (tertiary/aromatic N) is 5. The van der Waals surface area contributed by atoms with Crippen molar-refractivity contribution in [3.63, 3.8) is 0 Å². The molecule has 0 fully saturated rings. The predicted octanol–water partition coefficient (Wildman–Crippen LogP) is 9.13. The van der Waals surface area contributed by atoms with E-state index in [0.29, 0.717) is 0 Å². The Labute approximate surface area is 246 Å². The molecule has 0 N–H and O–H groups in total. The highest BCUT2D eigenvalue weighted by Gasteiger charge is 2.20. The first-order valence-electron chi connectivity index (χ1n) is 14.3. The van der Waals surface area contributed by atoms with Gasteiger partial charge in [-0.05, 0) is 46.5 Å². The number of hydrogen-bond acceptors (Lipinski definition) is 4. The van der Waals surface area contributed by atoms with Crippen LogP contribution in [0.2, 0.25) is 0 Å². The van der Waals surface area contributed by atoms with Crippen LogP contribution in [0, 0.1) is 0 Å². The number of aromatic nitrogens is 5. The molecule has 0 aliphatic heterocycles. The topological polar surface area (TPSA) is 56.0 Å². The van der Waals surface area contributed by atoms with Crippen molar-refractivity contribution in [1.82, 2.24) is 24.3 Å². The Morgan fingerprint density at radius 1 is 0.442 bits per heavy atom. The van der Waals surface area contributed by atoms with Gasteiger partial charge < -0.3 is 0 Å². The minimum Gasteiger partial charge on any atom is -0.298 e. The van der Waals surface area contributed by atoms with Crippen LogP contribution in [-0.2, 0) is 0 Å². The maximum atomic E-state index is 5.09. The van der Waals surface area contributed by atoms with E-state index in [0.717, 1.165) is 66.7 Å². The number of hydrogen-bond donors (Lipinski definition) is 0. The van der Waals surface area contributed by atoms with Crippen LogP contribution in [0.5, 0.6) is 0 Å².